The molecule has 2 aromatic rings. The summed E-state index contributed by atoms with van der Waals surface area (Å²) >= 11 is 0. The van der Waals surface area contributed by atoms with Gasteiger partial charge in [0.05, 0.1) is 19.3 Å². The fraction of sp³-hybridized carbons (Fsp3) is 0.550. The number of benzene rings is 1. The summed E-state index contributed by atoms with van der Waals surface area (Å²) in [5.74, 6) is 0.956. The Balaban J connectivity index is 1.46. The Labute approximate surface area is 154 Å². The molecule has 0 radical (unpaired) electrons. The maximum atomic E-state index is 5.97. The molecule has 6 nitrogen and oxygen atoms in total. The zero-order valence-electron chi connectivity index (χ0n) is 15.4. The quantitative estimate of drug-likeness (QED) is 0.653. The van der Waals surface area contributed by atoms with Crippen molar-refractivity contribution in [2.45, 2.75) is 38.5 Å². The molecule has 0 aliphatic carbocycles. The lowest BCUT2D eigenvalue weighted by Crippen LogP contribution is -2.53. The molecule has 2 fully saturated rings. The summed E-state index contributed by atoms with van der Waals surface area (Å²) in [5, 5.41) is 4.66. The van der Waals surface area contributed by atoms with Crippen LogP contribution in [-0.2, 0) is 16.0 Å². The van der Waals surface area contributed by atoms with Gasteiger partial charge in [0, 0.05) is 37.5 Å². The smallest absolute Gasteiger partial charge is 0.194 e. The average molecular weight is 356 g/mol. The predicted octanol–water partition coefficient (Wildman–Crippen LogP) is 2.51. The lowest BCUT2D eigenvalue weighted by Gasteiger charge is -2.37. The zero-order valence-corrected chi connectivity index (χ0v) is 15.4. The van der Waals surface area contributed by atoms with Crippen molar-refractivity contribution in [1.82, 2.24) is 15.2 Å². The van der Waals surface area contributed by atoms with Crippen LogP contribution in [0.2, 0.25) is 0 Å². The van der Waals surface area contributed by atoms with E-state index in [2.05, 4.69) is 52.5 Å². The molecule has 2 atom stereocenters. The monoisotopic (exact) mass is 356 g/mol. The van der Waals surface area contributed by atoms with Gasteiger partial charge in [0.1, 0.15) is 6.10 Å². The summed E-state index contributed by atoms with van der Waals surface area (Å²) in [7, 11) is 0. The summed E-state index contributed by atoms with van der Waals surface area (Å²) in [4.78, 5) is 10.6. The van der Waals surface area contributed by atoms with E-state index in [1.807, 2.05) is 0 Å². The molecule has 0 spiro atoms. The molecular weight excluding hydrogens is 328 g/mol. The van der Waals surface area contributed by atoms with E-state index in [9.17, 15) is 0 Å². The van der Waals surface area contributed by atoms with Crippen LogP contribution in [0, 0.1) is 0 Å². The van der Waals surface area contributed by atoms with Crippen LogP contribution in [0.5, 0.6) is 0 Å². The number of para-hydroxylation sites is 1. The largest absolute Gasteiger partial charge is 0.375 e. The maximum absolute atomic E-state index is 5.97. The van der Waals surface area contributed by atoms with Crippen LogP contribution in [0.3, 0.4) is 0 Å². The summed E-state index contributed by atoms with van der Waals surface area (Å²) in [6, 6.07) is 10.5. The number of nitrogens with zero attached hydrogens (tertiary/aromatic N) is 2. The number of aromatic nitrogens is 1. The Morgan fingerprint density at radius 3 is 2.96 bits per heavy atom. The predicted molar refractivity (Wildman–Crippen MR) is 103 cm³/mol. The summed E-state index contributed by atoms with van der Waals surface area (Å²) < 4.78 is 11.8. The Morgan fingerprint density at radius 2 is 2.15 bits per heavy atom. The first kappa shape index (κ1) is 17.4. The molecule has 6 heteroatoms. The van der Waals surface area contributed by atoms with Gasteiger partial charge in [0.15, 0.2) is 5.96 Å². The van der Waals surface area contributed by atoms with E-state index in [4.69, 9.17) is 14.5 Å². The number of hydrogen-bond acceptors (Lipinski definition) is 3. The van der Waals surface area contributed by atoms with Crippen molar-refractivity contribution in [2.24, 2.45) is 4.99 Å². The molecule has 4 rings (SSSR count). The van der Waals surface area contributed by atoms with Crippen LogP contribution < -0.4 is 5.32 Å². The van der Waals surface area contributed by atoms with Crippen molar-refractivity contribution in [1.29, 1.82) is 0 Å². The van der Waals surface area contributed by atoms with E-state index in [0.29, 0.717) is 6.54 Å². The van der Waals surface area contributed by atoms with E-state index in [-0.39, 0.29) is 12.2 Å². The number of morpholine rings is 1. The van der Waals surface area contributed by atoms with Crippen molar-refractivity contribution in [3.05, 3.63) is 36.0 Å². The number of aromatic amines is 1. The third-order valence-electron chi connectivity index (χ3n) is 5.09. The SMILES string of the molecule is CCNC(=NCc1cc2ccccc2[nH]1)N1CCOC(C2CCCO2)C1. The average Bonchev–Trinajstić information content (AvgIpc) is 3.34. The van der Waals surface area contributed by atoms with Crippen LogP contribution in [-0.4, -0.2) is 60.9 Å². The van der Waals surface area contributed by atoms with Gasteiger partial charge in [-0.1, -0.05) is 18.2 Å². The molecule has 3 heterocycles. The number of rotatable bonds is 4. The van der Waals surface area contributed by atoms with Gasteiger partial charge < -0.3 is 24.7 Å². The molecule has 140 valence electrons. The Hall–Kier alpha value is -2.05. The summed E-state index contributed by atoms with van der Waals surface area (Å²) in [6.07, 6.45) is 2.61. The minimum absolute atomic E-state index is 0.142. The molecular formula is C20H28N4O2. The maximum Gasteiger partial charge on any atom is 0.194 e. The topological polar surface area (TPSA) is 61.9 Å². The fourth-order valence-electron chi connectivity index (χ4n) is 3.79. The van der Waals surface area contributed by atoms with Crippen molar-refractivity contribution in [3.8, 4) is 0 Å². The molecule has 2 saturated heterocycles. The number of fused-ring (bicyclic) bond motifs is 1. The lowest BCUT2D eigenvalue weighted by atomic mass is 10.1. The number of aliphatic imine (C=N–C) groups is 1. The second-order valence-electron chi connectivity index (χ2n) is 6.96. The molecule has 0 saturated carbocycles. The fourth-order valence-corrected chi connectivity index (χ4v) is 3.79. The van der Waals surface area contributed by atoms with Gasteiger partial charge in [-0.2, -0.15) is 0 Å². The molecule has 2 N–H and O–H groups in total. The van der Waals surface area contributed by atoms with E-state index in [1.54, 1.807) is 0 Å². The third kappa shape index (κ3) is 3.86. The third-order valence-corrected chi connectivity index (χ3v) is 5.09. The van der Waals surface area contributed by atoms with Crippen LogP contribution >= 0.6 is 0 Å². The zero-order chi connectivity index (χ0) is 17.8. The van der Waals surface area contributed by atoms with Crippen LogP contribution in [0.15, 0.2) is 35.3 Å². The van der Waals surface area contributed by atoms with Gasteiger partial charge in [0.25, 0.3) is 0 Å². The van der Waals surface area contributed by atoms with Gasteiger partial charge in [-0.05, 0) is 37.3 Å². The highest BCUT2D eigenvalue weighted by Crippen LogP contribution is 2.21. The second kappa shape index (κ2) is 8.10. The summed E-state index contributed by atoms with van der Waals surface area (Å²) in [5.41, 5.74) is 2.29. The standard InChI is InChI=1S/C20H28N4O2/c1-2-21-20(22-13-16-12-15-6-3-4-7-17(15)23-16)24-9-11-26-19(14-24)18-8-5-10-25-18/h3-4,6-7,12,18-19,23H,2,5,8-11,13-14H2,1H3,(H,21,22). The van der Waals surface area contributed by atoms with E-state index in [1.165, 1.54) is 5.39 Å². The van der Waals surface area contributed by atoms with Crippen LogP contribution in [0.1, 0.15) is 25.5 Å². The Kier molecular flexibility index (Phi) is 5.41. The Morgan fingerprint density at radius 1 is 1.27 bits per heavy atom. The van der Waals surface area contributed by atoms with E-state index >= 15 is 0 Å². The molecule has 2 unspecified atom stereocenters. The van der Waals surface area contributed by atoms with Crippen LogP contribution in [0.4, 0.5) is 0 Å². The molecule has 0 amide bonds. The molecule has 1 aromatic heterocycles. The van der Waals surface area contributed by atoms with Gasteiger partial charge in [-0.15, -0.1) is 0 Å². The first-order chi connectivity index (χ1) is 12.8. The Bertz CT molecular complexity index is 718. The number of guanidine groups is 1. The van der Waals surface area contributed by atoms with Crippen LogP contribution in [0.25, 0.3) is 10.9 Å². The van der Waals surface area contributed by atoms with Crippen molar-refractivity contribution in [3.63, 3.8) is 0 Å². The number of nitrogens with one attached hydrogen (secondary N) is 2. The van der Waals surface area contributed by atoms with E-state index < -0.39 is 0 Å². The van der Waals surface area contributed by atoms with Gasteiger partial charge in [-0.3, -0.25) is 0 Å². The lowest BCUT2D eigenvalue weighted by molar-refractivity contribution is -0.0817. The highest BCUT2D eigenvalue weighted by molar-refractivity contribution is 5.81. The van der Waals surface area contributed by atoms with Crippen molar-refractivity contribution >= 4 is 16.9 Å². The van der Waals surface area contributed by atoms with Crippen molar-refractivity contribution < 1.29 is 9.47 Å². The van der Waals surface area contributed by atoms with E-state index in [0.717, 1.165) is 62.9 Å². The molecule has 0 bridgehead atoms. The molecule has 2 aliphatic heterocycles. The minimum atomic E-state index is 0.142. The highest BCUT2D eigenvalue weighted by Gasteiger charge is 2.32. The minimum Gasteiger partial charge on any atom is -0.375 e. The second-order valence-corrected chi connectivity index (χ2v) is 6.96. The van der Waals surface area contributed by atoms with Gasteiger partial charge >= 0.3 is 0 Å². The summed E-state index contributed by atoms with van der Waals surface area (Å²) in [6.45, 7) is 6.88. The first-order valence-electron chi connectivity index (χ1n) is 9.66. The van der Waals surface area contributed by atoms with Gasteiger partial charge in [0.2, 0.25) is 0 Å². The first-order valence-corrected chi connectivity index (χ1v) is 9.66. The van der Waals surface area contributed by atoms with Gasteiger partial charge in [-0.25, -0.2) is 4.99 Å². The number of ether oxygens (including phenoxy) is 2. The normalized spacial score (nSPS) is 24.3. The molecule has 26 heavy (non-hydrogen) atoms. The molecule has 2 aliphatic rings. The van der Waals surface area contributed by atoms with Crippen molar-refractivity contribution in [2.75, 3.05) is 32.8 Å². The highest BCUT2D eigenvalue weighted by atomic mass is 16.5. The number of H-pyrrole nitrogens is 1. The molecule has 1 aromatic carbocycles. The number of hydrogen-bond donors (Lipinski definition) is 2.